The fraction of sp³-hybridized carbons (Fsp3) is 0.176. The number of nitrogen functional groups attached to an aromatic ring is 1. The first-order valence-electron chi connectivity index (χ1n) is 6.75. The van der Waals surface area contributed by atoms with Gasteiger partial charge in [0.25, 0.3) is 0 Å². The molecule has 3 rings (SSSR count). The van der Waals surface area contributed by atoms with Crippen molar-refractivity contribution in [2.24, 2.45) is 0 Å². The van der Waals surface area contributed by atoms with Gasteiger partial charge in [0.2, 0.25) is 0 Å². The van der Waals surface area contributed by atoms with Gasteiger partial charge in [0.1, 0.15) is 0 Å². The molecule has 3 N–H and O–H groups in total. The second-order valence-corrected chi connectivity index (χ2v) is 6.03. The molecule has 0 bridgehead atoms. The minimum atomic E-state index is 0.800. The lowest BCUT2D eigenvalue weighted by Gasteiger charge is -2.09. The average molecular weight is 282 g/mol. The molecule has 0 aliphatic rings. The Morgan fingerprint density at radius 2 is 1.80 bits per heavy atom. The van der Waals surface area contributed by atoms with Gasteiger partial charge in [0, 0.05) is 23.7 Å². The molecule has 1 heterocycles. The molecule has 0 radical (unpaired) electrons. The molecule has 0 saturated heterocycles. The number of aryl methyl sites for hydroxylation is 1. The third-order valence-electron chi connectivity index (χ3n) is 3.58. The number of rotatable bonds is 4. The van der Waals surface area contributed by atoms with Gasteiger partial charge in [-0.05, 0) is 52.4 Å². The number of nitrogens with two attached hydrogens (primary N) is 1. The number of hydrogen-bond donors (Lipinski definition) is 2. The standard InChI is InChI=1S/C17H18N2S/c1-12-6-7-20-17(12)11-19-10-15-8-13-4-2-3-5-14(13)9-16(15)18/h2-9,19H,10-11,18H2,1H3. The lowest BCUT2D eigenvalue weighted by Crippen LogP contribution is -2.13. The monoisotopic (exact) mass is 282 g/mol. The van der Waals surface area contributed by atoms with Crippen molar-refractivity contribution in [1.29, 1.82) is 0 Å². The van der Waals surface area contributed by atoms with Crippen LogP contribution in [0.4, 0.5) is 5.69 Å². The van der Waals surface area contributed by atoms with Gasteiger partial charge in [0.05, 0.1) is 0 Å². The molecular formula is C17H18N2S. The van der Waals surface area contributed by atoms with E-state index in [1.54, 1.807) is 11.3 Å². The highest BCUT2D eigenvalue weighted by Crippen LogP contribution is 2.22. The molecular weight excluding hydrogens is 264 g/mol. The largest absolute Gasteiger partial charge is 0.398 e. The summed E-state index contributed by atoms with van der Waals surface area (Å²) < 4.78 is 0. The number of thiophene rings is 1. The molecule has 0 aliphatic carbocycles. The summed E-state index contributed by atoms with van der Waals surface area (Å²) in [5.41, 5.74) is 9.52. The minimum absolute atomic E-state index is 0.800. The van der Waals surface area contributed by atoms with E-state index in [1.165, 1.54) is 21.2 Å². The van der Waals surface area contributed by atoms with Gasteiger partial charge in [-0.15, -0.1) is 11.3 Å². The van der Waals surface area contributed by atoms with Gasteiger partial charge in [-0.3, -0.25) is 0 Å². The van der Waals surface area contributed by atoms with Crippen molar-refractivity contribution in [3.05, 3.63) is 63.8 Å². The summed E-state index contributed by atoms with van der Waals surface area (Å²) in [4.78, 5) is 1.39. The third-order valence-corrected chi connectivity index (χ3v) is 4.60. The van der Waals surface area contributed by atoms with E-state index in [4.69, 9.17) is 5.73 Å². The molecule has 0 aliphatic heterocycles. The Labute approximate surface area is 123 Å². The summed E-state index contributed by atoms with van der Waals surface area (Å²) >= 11 is 1.80. The molecule has 3 aromatic rings. The maximum absolute atomic E-state index is 6.14. The van der Waals surface area contributed by atoms with Crippen molar-refractivity contribution in [3.8, 4) is 0 Å². The van der Waals surface area contributed by atoms with E-state index in [-0.39, 0.29) is 0 Å². The summed E-state index contributed by atoms with van der Waals surface area (Å²) in [7, 11) is 0. The lowest BCUT2D eigenvalue weighted by molar-refractivity contribution is 0.700. The molecule has 0 spiro atoms. The van der Waals surface area contributed by atoms with E-state index < -0.39 is 0 Å². The number of fused-ring (bicyclic) bond motifs is 1. The average Bonchev–Trinajstić information content (AvgIpc) is 2.85. The highest BCUT2D eigenvalue weighted by molar-refractivity contribution is 7.10. The lowest BCUT2D eigenvalue weighted by atomic mass is 10.1. The smallest absolute Gasteiger partial charge is 0.0366 e. The van der Waals surface area contributed by atoms with Crippen LogP contribution in [0.2, 0.25) is 0 Å². The number of nitrogens with one attached hydrogen (secondary N) is 1. The highest BCUT2D eigenvalue weighted by Gasteiger charge is 2.03. The second-order valence-electron chi connectivity index (χ2n) is 5.03. The quantitative estimate of drug-likeness (QED) is 0.708. The fourth-order valence-corrected chi connectivity index (χ4v) is 3.23. The van der Waals surface area contributed by atoms with Crippen LogP contribution in [-0.2, 0) is 13.1 Å². The molecule has 1 aromatic heterocycles. The molecule has 102 valence electrons. The van der Waals surface area contributed by atoms with Crippen LogP contribution < -0.4 is 11.1 Å². The van der Waals surface area contributed by atoms with Crippen LogP contribution in [0.1, 0.15) is 16.0 Å². The second kappa shape index (κ2) is 5.65. The van der Waals surface area contributed by atoms with Crippen LogP contribution in [0, 0.1) is 6.92 Å². The van der Waals surface area contributed by atoms with E-state index in [1.807, 2.05) is 6.07 Å². The maximum atomic E-state index is 6.14. The van der Waals surface area contributed by atoms with Gasteiger partial charge in [-0.2, -0.15) is 0 Å². The van der Waals surface area contributed by atoms with Crippen molar-refractivity contribution in [1.82, 2.24) is 5.32 Å². The van der Waals surface area contributed by atoms with Crippen LogP contribution in [0.15, 0.2) is 47.8 Å². The molecule has 0 amide bonds. The molecule has 2 nitrogen and oxygen atoms in total. The SMILES string of the molecule is Cc1ccsc1CNCc1cc2ccccc2cc1N. The summed E-state index contributed by atoms with van der Waals surface area (Å²) in [6, 6.07) is 14.7. The molecule has 3 heteroatoms. The van der Waals surface area contributed by atoms with E-state index in [9.17, 15) is 0 Å². The normalized spacial score (nSPS) is 11.1. The third kappa shape index (κ3) is 2.69. The minimum Gasteiger partial charge on any atom is -0.398 e. The first-order valence-corrected chi connectivity index (χ1v) is 7.63. The van der Waals surface area contributed by atoms with Crippen molar-refractivity contribution >= 4 is 27.8 Å². The Balaban J connectivity index is 1.74. The Kier molecular flexibility index (Phi) is 3.72. The number of benzene rings is 2. The zero-order chi connectivity index (χ0) is 13.9. The van der Waals surface area contributed by atoms with Crippen LogP contribution in [-0.4, -0.2) is 0 Å². The van der Waals surface area contributed by atoms with Crippen molar-refractivity contribution in [2.75, 3.05) is 5.73 Å². The number of anilines is 1. The van der Waals surface area contributed by atoms with Crippen LogP contribution in [0.3, 0.4) is 0 Å². The van der Waals surface area contributed by atoms with Crippen molar-refractivity contribution in [3.63, 3.8) is 0 Å². The molecule has 0 atom stereocenters. The summed E-state index contributed by atoms with van der Waals surface area (Å²) in [6.07, 6.45) is 0. The number of hydrogen-bond acceptors (Lipinski definition) is 3. The van der Waals surface area contributed by atoms with Crippen LogP contribution >= 0.6 is 11.3 Å². The Morgan fingerprint density at radius 3 is 2.50 bits per heavy atom. The van der Waals surface area contributed by atoms with Gasteiger partial charge in [0.15, 0.2) is 0 Å². The van der Waals surface area contributed by atoms with Crippen LogP contribution in [0.25, 0.3) is 10.8 Å². The first-order chi connectivity index (χ1) is 9.74. The predicted octanol–water partition coefficient (Wildman–Crippen LogP) is 4.08. The summed E-state index contributed by atoms with van der Waals surface area (Å²) in [5, 5.41) is 8.06. The fourth-order valence-electron chi connectivity index (χ4n) is 2.35. The van der Waals surface area contributed by atoms with Gasteiger partial charge in [-0.25, -0.2) is 0 Å². The van der Waals surface area contributed by atoms with E-state index in [0.29, 0.717) is 0 Å². The van der Waals surface area contributed by atoms with Gasteiger partial charge < -0.3 is 11.1 Å². The van der Waals surface area contributed by atoms with E-state index >= 15 is 0 Å². The molecule has 0 unspecified atom stereocenters. The van der Waals surface area contributed by atoms with E-state index in [0.717, 1.165) is 24.3 Å². The van der Waals surface area contributed by atoms with E-state index in [2.05, 4.69) is 54.0 Å². The predicted molar refractivity (Wildman–Crippen MR) is 88.0 cm³/mol. The Hall–Kier alpha value is -1.84. The first kappa shape index (κ1) is 13.2. The molecule has 20 heavy (non-hydrogen) atoms. The molecule has 0 fully saturated rings. The maximum Gasteiger partial charge on any atom is 0.0366 e. The molecule has 2 aromatic carbocycles. The Morgan fingerprint density at radius 1 is 1.05 bits per heavy atom. The zero-order valence-electron chi connectivity index (χ0n) is 11.5. The van der Waals surface area contributed by atoms with Crippen molar-refractivity contribution in [2.45, 2.75) is 20.0 Å². The van der Waals surface area contributed by atoms with Gasteiger partial charge in [-0.1, -0.05) is 24.3 Å². The topological polar surface area (TPSA) is 38.0 Å². The Bertz CT molecular complexity index is 731. The highest BCUT2D eigenvalue weighted by atomic mass is 32.1. The summed E-state index contributed by atoms with van der Waals surface area (Å²) in [5.74, 6) is 0. The van der Waals surface area contributed by atoms with Gasteiger partial charge >= 0.3 is 0 Å². The van der Waals surface area contributed by atoms with Crippen molar-refractivity contribution < 1.29 is 0 Å². The zero-order valence-corrected chi connectivity index (χ0v) is 12.3. The summed E-state index contributed by atoms with van der Waals surface area (Å²) in [6.45, 7) is 3.85. The van der Waals surface area contributed by atoms with Crippen LogP contribution in [0.5, 0.6) is 0 Å². The molecule has 0 saturated carbocycles.